The Balaban J connectivity index is 0.000000606. The highest BCUT2D eigenvalue weighted by atomic mass is 15.1. The monoisotopic (exact) mass is 221 g/mol. The number of anilines is 1. The third kappa shape index (κ3) is 4.19. The zero-order valence-corrected chi connectivity index (χ0v) is 10.6. The number of pyridine rings is 1. The molecule has 1 aromatic rings. The first kappa shape index (κ1) is 13.0. The Morgan fingerprint density at radius 1 is 1.25 bits per heavy atom. The molecular formula is C13H23N3. The molecule has 16 heavy (non-hydrogen) atoms. The van der Waals surface area contributed by atoms with Crippen molar-refractivity contribution in [3.8, 4) is 0 Å². The van der Waals surface area contributed by atoms with Crippen LogP contribution in [0.3, 0.4) is 0 Å². The summed E-state index contributed by atoms with van der Waals surface area (Å²) in [5.41, 5.74) is 0. The van der Waals surface area contributed by atoms with Crippen LogP contribution in [-0.4, -0.2) is 36.1 Å². The number of aromatic nitrogens is 1. The lowest BCUT2D eigenvalue weighted by Crippen LogP contribution is -2.36. The fourth-order valence-electron chi connectivity index (χ4n) is 1.81. The third-order valence-electron chi connectivity index (χ3n) is 2.74. The highest BCUT2D eigenvalue weighted by Gasteiger charge is 2.16. The lowest BCUT2D eigenvalue weighted by atomic mass is 10.1. The quantitative estimate of drug-likeness (QED) is 0.832. The number of nitrogens with zero attached hydrogens (tertiary/aromatic N) is 2. The van der Waals surface area contributed by atoms with Crippen molar-refractivity contribution < 1.29 is 0 Å². The van der Waals surface area contributed by atoms with E-state index in [9.17, 15) is 0 Å². The molecule has 0 spiro atoms. The van der Waals surface area contributed by atoms with E-state index in [4.69, 9.17) is 0 Å². The van der Waals surface area contributed by atoms with Crippen LogP contribution in [0.25, 0.3) is 0 Å². The molecule has 0 radical (unpaired) electrons. The predicted octanol–water partition coefficient (Wildman–Crippen LogP) is 2.61. The predicted molar refractivity (Wildman–Crippen MR) is 69.7 cm³/mol. The first-order chi connectivity index (χ1) is 7.84. The van der Waals surface area contributed by atoms with Gasteiger partial charge in [-0.2, -0.15) is 0 Å². The smallest absolute Gasteiger partial charge is 0.126 e. The van der Waals surface area contributed by atoms with Gasteiger partial charge in [0.25, 0.3) is 0 Å². The van der Waals surface area contributed by atoms with Crippen molar-refractivity contribution in [3.63, 3.8) is 0 Å². The van der Waals surface area contributed by atoms with E-state index in [0.717, 1.165) is 5.82 Å². The second kappa shape index (κ2) is 7.23. The number of nitrogens with one attached hydrogen (secondary N) is 1. The number of rotatable bonds is 2. The molecule has 1 fully saturated rings. The van der Waals surface area contributed by atoms with E-state index in [-0.39, 0.29) is 0 Å². The van der Waals surface area contributed by atoms with Crippen molar-refractivity contribution in [3.05, 3.63) is 24.4 Å². The molecule has 1 N–H and O–H groups in total. The van der Waals surface area contributed by atoms with Crippen molar-refractivity contribution in [1.29, 1.82) is 0 Å². The van der Waals surface area contributed by atoms with Crippen LogP contribution < -0.4 is 5.32 Å². The van der Waals surface area contributed by atoms with Crippen LogP contribution in [-0.2, 0) is 0 Å². The summed E-state index contributed by atoms with van der Waals surface area (Å²) in [6, 6.07) is 6.59. The van der Waals surface area contributed by atoms with E-state index in [1.54, 1.807) is 0 Å². The van der Waals surface area contributed by atoms with E-state index in [1.807, 2.05) is 38.2 Å². The zero-order chi connectivity index (χ0) is 11.8. The van der Waals surface area contributed by atoms with E-state index >= 15 is 0 Å². The van der Waals surface area contributed by atoms with E-state index in [1.165, 1.54) is 25.9 Å². The molecule has 0 saturated carbocycles. The van der Waals surface area contributed by atoms with Gasteiger partial charge in [-0.3, -0.25) is 0 Å². The van der Waals surface area contributed by atoms with Crippen molar-refractivity contribution in [2.24, 2.45) is 0 Å². The van der Waals surface area contributed by atoms with Gasteiger partial charge in [0.05, 0.1) is 0 Å². The maximum atomic E-state index is 4.27. The average molecular weight is 221 g/mol. The molecule has 0 aromatic carbocycles. The number of likely N-dealkylation sites (tertiary alicyclic amines) is 1. The van der Waals surface area contributed by atoms with E-state index in [2.05, 4.69) is 22.2 Å². The van der Waals surface area contributed by atoms with Gasteiger partial charge in [0.1, 0.15) is 5.82 Å². The SMILES string of the molecule is CC.CN1CCC(Nc2ccccn2)CC1. The molecule has 2 heterocycles. The van der Waals surface area contributed by atoms with Gasteiger partial charge >= 0.3 is 0 Å². The summed E-state index contributed by atoms with van der Waals surface area (Å²) < 4.78 is 0. The van der Waals surface area contributed by atoms with Crippen molar-refractivity contribution in [2.45, 2.75) is 32.7 Å². The minimum Gasteiger partial charge on any atom is -0.367 e. The van der Waals surface area contributed by atoms with Crippen LogP contribution in [0.1, 0.15) is 26.7 Å². The molecular weight excluding hydrogens is 198 g/mol. The van der Waals surface area contributed by atoms with Crippen molar-refractivity contribution in [2.75, 3.05) is 25.5 Å². The minimum absolute atomic E-state index is 0.598. The lowest BCUT2D eigenvalue weighted by molar-refractivity contribution is 0.263. The molecule has 3 heteroatoms. The van der Waals surface area contributed by atoms with Crippen LogP contribution in [0.4, 0.5) is 5.82 Å². The van der Waals surface area contributed by atoms with Crippen LogP contribution >= 0.6 is 0 Å². The third-order valence-corrected chi connectivity index (χ3v) is 2.74. The molecule has 1 aliphatic rings. The first-order valence-electron chi connectivity index (χ1n) is 6.21. The molecule has 0 amide bonds. The van der Waals surface area contributed by atoms with E-state index in [0.29, 0.717) is 6.04 Å². The Hall–Kier alpha value is -1.09. The van der Waals surface area contributed by atoms with Crippen LogP contribution in [0.15, 0.2) is 24.4 Å². The number of hydrogen-bond donors (Lipinski definition) is 1. The minimum atomic E-state index is 0.598. The van der Waals surface area contributed by atoms with Crippen LogP contribution in [0.2, 0.25) is 0 Å². The average Bonchev–Trinajstić information content (AvgIpc) is 2.36. The Labute approximate surface area is 98.9 Å². The molecule has 1 aliphatic heterocycles. The normalized spacial score (nSPS) is 17.4. The molecule has 3 nitrogen and oxygen atoms in total. The summed E-state index contributed by atoms with van der Waals surface area (Å²) in [6.45, 7) is 6.37. The van der Waals surface area contributed by atoms with Gasteiger partial charge in [-0.1, -0.05) is 19.9 Å². The summed E-state index contributed by atoms with van der Waals surface area (Å²) in [5, 5.41) is 3.46. The Morgan fingerprint density at radius 2 is 1.94 bits per heavy atom. The fourth-order valence-corrected chi connectivity index (χ4v) is 1.81. The molecule has 2 rings (SSSR count). The van der Waals surface area contributed by atoms with Gasteiger partial charge < -0.3 is 10.2 Å². The summed E-state index contributed by atoms with van der Waals surface area (Å²) in [6.07, 6.45) is 4.26. The van der Waals surface area contributed by atoms with Crippen LogP contribution in [0.5, 0.6) is 0 Å². The van der Waals surface area contributed by atoms with Gasteiger partial charge in [0.2, 0.25) is 0 Å². The van der Waals surface area contributed by atoms with E-state index < -0.39 is 0 Å². The summed E-state index contributed by atoms with van der Waals surface area (Å²) in [7, 11) is 2.18. The molecule has 0 unspecified atom stereocenters. The first-order valence-corrected chi connectivity index (χ1v) is 6.21. The van der Waals surface area contributed by atoms with Gasteiger partial charge in [0, 0.05) is 12.2 Å². The second-order valence-electron chi connectivity index (χ2n) is 3.94. The zero-order valence-electron chi connectivity index (χ0n) is 10.6. The Kier molecular flexibility index (Phi) is 5.86. The van der Waals surface area contributed by atoms with Gasteiger partial charge in [-0.05, 0) is 45.1 Å². The summed E-state index contributed by atoms with van der Waals surface area (Å²) >= 11 is 0. The standard InChI is InChI=1S/C11H17N3.C2H6/c1-14-8-5-10(6-9-14)13-11-4-2-3-7-12-11;1-2/h2-4,7,10H,5-6,8-9H2,1H3,(H,12,13);1-2H3. The van der Waals surface area contributed by atoms with Gasteiger partial charge in [-0.25, -0.2) is 4.98 Å². The molecule has 90 valence electrons. The molecule has 1 aromatic heterocycles. The molecule has 0 aliphatic carbocycles. The molecule has 0 bridgehead atoms. The molecule has 0 atom stereocenters. The number of piperidine rings is 1. The highest BCUT2D eigenvalue weighted by molar-refractivity contribution is 5.34. The van der Waals surface area contributed by atoms with Gasteiger partial charge in [-0.15, -0.1) is 0 Å². The maximum Gasteiger partial charge on any atom is 0.126 e. The van der Waals surface area contributed by atoms with Crippen molar-refractivity contribution in [1.82, 2.24) is 9.88 Å². The maximum absolute atomic E-state index is 4.27. The lowest BCUT2D eigenvalue weighted by Gasteiger charge is -2.29. The van der Waals surface area contributed by atoms with Crippen molar-refractivity contribution >= 4 is 5.82 Å². The Morgan fingerprint density at radius 3 is 2.50 bits per heavy atom. The highest BCUT2D eigenvalue weighted by Crippen LogP contribution is 2.13. The Bertz CT molecular complexity index is 266. The largest absolute Gasteiger partial charge is 0.367 e. The summed E-state index contributed by atoms with van der Waals surface area (Å²) in [4.78, 5) is 6.64. The number of hydrogen-bond acceptors (Lipinski definition) is 3. The second-order valence-corrected chi connectivity index (χ2v) is 3.94. The summed E-state index contributed by atoms with van der Waals surface area (Å²) in [5.74, 6) is 1.00. The van der Waals surface area contributed by atoms with Crippen LogP contribution in [0, 0.1) is 0 Å². The molecule has 1 saturated heterocycles. The topological polar surface area (TPSA) is 28.2 Å². The van der Waals surface area contributed by atoms with Gasteiger partial charge in [0.15, 0.2) is 0 Å². The fraction of sp³-hybridized carbons (Fsp3) is 0.615.